The summed E-state index contributed by atoms with van der Waals surface area (Å²) in [5, 5.41) is 10.7. The molecule has 0 spiro atoms. The van der Waals surface area contributed by atoms with Gasteiger partial charge < -0.3 is 14.7 Å². The smallest absolute Gasteiger partial charge is 0.290 e. The molecule has 0 radical (unpaired) electrons. The maximum Gasteiger partial charge on any atom is 0.290 e. The van der Waals surface area contributed by atoms with Gasteiger partial charge in [-0.05, 0) is 29.3 Å². The summed E-state index contributed by atoms with van der Waals surface area (Å²) < 4.78 is 19.9. The van der Waals surface area contributed by atoms with Crippen LogP contribution in [0.25, 0.3) is 5.57 Å². The average Bonchev–Trinajstić information content (AvgIpc) is 3.00. The molecule has 0 bridgehead atoms. The van der Waals surface area contributed by atoms with Crippen LogP contribution in [-0.4, -0.2) is 23.0 Å². The molecule has 1 N–H and O–H groups in total. The zero-order valence-corrected chi connectivity index (χ0v) is 15.9. The van der Waals surface area contributed by atoms with E-state index >= 15 is 0 Å². The van der Waals surface area contributed by atoms with Crippen LogP contribution in [0.5, 0.6) is 5.75 Å². The van der Waals surface area contributed by atoms with Crippen LogP contribution >= 0.6 is 0 Å². The molecule has 29 heavy (non-hydrogen) atoms. The van der Waals surface area contributed by atoms with Crippen molar-refractivity contribution in [1.29, 1.82) is 0 Å². The van der Waals surface area contributed by atoms with E-state index in [0.29, 0.717) is 22.4 Å². The fraction of sp³-hybridized carbons (Fsp3) is 0.125. The predicted octanol–water partition coefficient (Wildman–Crippen LogP) is 4.89. The number of hydrogen-bond donors (Lipinski definition) is 1. The normalized spacial score (nSPS) is 16.4. The molecule has 1 unspecified atom stereocenters. The van der Waals surface area contributed by atoms with E-state index in [0.717, 1.165) is 5.56 Å². The van der Waals surface area contributed by atoms with Crippen molar-refractivity contribution in [2.75, 3.05) is 7.11 Å². The van der Waals surface area contributed by atoms with E-state index in [4.69, 9.17) is 4.74 Å². The highest BCUT2D eigenvalue weighted by molar-refractivity contribution is 6.05. The number of halogens is 1. The van der Waals surface area contributed by atoms with Gasteiger partial charge in [0.05, 0.1) is 13.2 Å². The molecule has 0 aromatic heterocycles. The van der Waals surface area contributed by atoms with E-state index in [9.17, 15) is 14.3 Å². The molecule has 0 saturated heterocycles. The summed E-state index contributed by atoms with van der Waals surface area (Å²) in [6.07, 6.45) is 0. The van der Waals surface area contributed by atoms with Crippen molar-refractivity contribution in [3.8, 4) is 5.75 Å². The number of benzene rings is 3. The third-order valence-corrected chi connectivity index (χ3v) is 5.10. The molecule has 4 nitrogen and oxygen atoms in total. The lowest BCUT2D eigenvalue weighted by Gasteiger charge is -2.28. The van der Waals surface area contributed by atoms with Gasteiger partial charge in [-0.2, -0.15) is 0 Å². The van der Waals surface area contributed by atoms with E-state index in [1.165, 1.54) is 11.0 Å². The second kappa shape index (κ2) is 7.80. The lowest BCUT2D eigenvalue weighted by atomic mass is 9.93. The zero-order chi connectivity index (χ0) is 20.4. The Balaban J connectivity index is 1.79. The molecule has 146 valence electrons. The second-order valence-electron chi connectivity index (χ2n) is 6.83. The van der Waals surface area contributed by atoms with Crippen molar-refractivity contribution in [2.45, 2.75) is 12.6 Å². The summed E-state index contributed by atoms with van der Waals surface area (Å²) >= 11 is 0. The lowest BCUT2D eigenvalue weighted by Crippen LogP contribution is -2.30. The first-order valence-electron chi connectivity index (χ1n) is 9.27. The zero-order valence-electron chi connectivity index (χ0n) is 15.9. The highest BCUT2D eigenvalue weighted by Gasteiger charge is 2.41. The molecule has 1 aliphatic heterocycles. The third-order valence-electron chi connectivity index (χ3n) is 5.10. The number of ether oxygens (including phenoxy) is 1. The van der Waals surface area contributed by atoms with Gasteiger partial charge in [0.25, 0.3) is 5.91 Å². The van der Waals surface area contributed by atoms with Crippen LogP contribution in [0.1, 0.15) is 22.7 Å². The van der Waals surface area contributed by atoms with Crippen molar-refractivity contribution in [2.24, 2.45) is 0 Å². The van der Waals surface area contributed by atoms with Crippen molar-refractivity contribution in [3.63, 3.8) is 0 Å². The Hall–Kier alpha value is -3.60. The minimum atomic E-state index is -0.729. The SMILES string of the molecule is COc1ccc(CN2C(=O)C(O)=C(c3ccccc3)C2c2ccccc2F)cc1. The van der Waals surface area contributed by atoms with E-state index in [2.05, 4.69) is 0 Å². The molecule has 0 aliphatic carbocycles. The number of carbonyl (C=O) groups excluding carboxylic acids is 1. The molecule has 3 aromatic rings. The summed E-state index contributed by atoms with van der Waals surface area (Å²) in [6.45, 7) is 0.224. The first-order chi connectivity index (χ1) is 14.1. The van der Waals surface area contributed by atoms with E-state index in [1.54, 1.807) is 37.4 Å². The monoisotopic (exact) mass is 389 g/mol. The number of aliphatic hydroxyl groups excluding tert-OH is 1. The van der Waals surface area contributed by atoms with Crippen LogP contribution in [0.4, 0.5) is 4.39 Å². The van der Waals surface area contributed by atoms with Gasteiger partial charge in [0, 0.05) is 17.7 Å². The summed E-state index contributed by atoms with van der Waals surface area (Å²) in [4.78, 5) is 14.5. The number of carbonyl (C=O) groups is 1. The molecule has 1 aliphatic rings. The first-order valence-corrected chi connectivity index (χ1v) is 9.27. The van der Waals surface area contributed by atoms with Gasteiger partial charge in [0.2, 0.25) is 0 Å². The van der Waals surface area contributed by atoms with Crippen LogP contribution in [0.3, 0.4) is 0 Å². The Morgan fingerprint density at radius 2 is 1.62 bits per heavy atom. The highest BCUT2D eigenvalue weighted by Crippen LogP contribution is 2.44. The quantitative estimate of drug-likeness (QED) is 0.676. The van der Waals surface area contributed by atoms with Crippen LogP contribution in [0, 0.1) is 5.82 Å². The Kier molecular flexibility index (Phi) is 5.04. The molecule has 1 atom stereocenters. The maximum absolute atomic E-state index is 14.7. The molecule has 3 aromatic carbocycles. The number of hydrogen-bond acceptors (Lipinski definition) is 3. The Labute approximate surface area is 168 Å². The summed E-state index contributed by atoms with van der Waals surface area (Å²) in [5.41, 5.74) is 2.29. The molecule has 0 saturated carbocycles. The topological polar surface area (TPSA) is 49.8 Å². The van der Waals surface area contributed by atoms with Gasteiger partial charge in [-0.3, -0.25) is 4.79 Å². The molecule has 4 rings (SSSR count). The molecule has 1 heterocycles. The van der Waals surface area contributed by atoms with Crippen LogP contribution in [-0.2, 0) is 11.3 Å². The molecule has 0 fully saturated rings. The Morgan fingerprint density at radius 3 is 2.28 bits per heavy atom. The van der Waals surface area contributed by atoms with Crippen molar-refractivity contribution in [3.05, 3.63) is 107 Å². The largest absolute Gasteiger partial charge is 0.503 e. The van der Waals surface area contributed by atoms with Crippen LogP contribution < -0.4 is 4.74 Å². The Morgan fingerprint density at radius 1 is 0.966 bits per heavy atom. The third kappa shape index (κ3) is 3.47. The van der Waals surface area contributed by atoms with Crippen molar-refractivity contribution < 1.29 is 19.0 Å². The molecule has 1 amide bonds. The van der Waals surface area contributed by atoms with E-state index in [-0.39, 0.29) is 12.3 Å². The predicted molar refractivity (Wildman–Crippen MR) is 109 cm³/mol. The van der Waals surface area contributed by atoms with Crippen molar-refractivity contribution in [1.82, 2.24) is 4.90 Å². The average molecular weight is 389 g/mol. The number of rotatable bonds is 5. The first kappa shape index (κ1) is 18.7. The standard InChI is InChI=1S/C24H20FNO3/c1-29-18-13-11-16(12-14-18)15-26-22(19-9-5-6-10-20(19)25)21(23(27)24(26)28)17-7-3-2-4-8-17/h2-14,22,27H,15H2,1H3. The van der Waals surface area contributed by atoms with Crippen LogP contribution in [0.2, 0.25) is 0 Å². The minimum Gasteiger partial charge on any atom is -0.503 e. The molecular weight excluding hydrogens is 369 g/mol. The lowest BCUT2D eigenvalue weighted by molar-refractivity contribution is -0.130. The van der Waals surface area contributed by atoms with Gasteiger partial charge in [-0.15, -0.1) is 0 Å². The number of aliphatic hydroxyl groups is 1. The molecular formula is C24H20FNO3. The Bertz CT molecular complexity index is 1060. The van der Waals surface area contributed by atoms with Crippen LogP contribution in [0.15, 0.2) is 84.6 Å². The number of amides is 1. The highest BCUT2D eigenvalue weighted by atomic mass is 19.1. The fourth-order valence-electron chi connectivity index (χ4n) is 3.68. The number of methoxy groups -OCH3 is 1. The van der Waals surface area contributed by atoms with Gasteiger partial charge in [0.15, 0.2) is 5.76 Å². The second-order valence-corrected chi connectivity index (χ2v) is 6.83. The van der Waals surface area contributed by atoms with E-state index < -0.39 is 17.8 Å². The minimum absolute atomic E-state index is 0.224. The van der Waals surface area contributed by atoms with Gasteiger partial charge >= 0.3 is 0 Å². The molecule has 5 heteroatoms. The van der Waals surface area contributed by atoms with Crippen molar-refractivity contribution >= 4 is 11.5 Å². The summed E-state index contributed by atoms with van der Waals surface area (Å²) in [7, 11) is 1.58. The summed E-state index contributed by atoms with van der Waals surface area (Å²) in [5.74, 6) is -0.586. The maximum atomic E-state index is 14.7. The van der Waals surface area contributed by atoms with Gasteiger partial charge in [-0.25, -0.2) is 4.39 Å². The van der Waals surface area contributed by atoms with Gasteiger partial charge in [-0.1, -0.05) is 60.7 Å². The summed E-state index contributed by atoms with van der Waals surface area (Å²) in [6, 6.07) is 22.0. The van der Waals surface area contributed by atoms with E-state index in [1.807, 2.05) is 42.5 Å². The number of nitrogens with zero attached hydrogens (tertiary/aromatic N) is 1. The fourth-order valence-corrected chi connectivity index (χ4v) is 3.68. The van der Waals surface area contributed by atoms with Gasteiger partial charge in [0.1, 0.15) is 11.6 Å².